The summed E-state index contributed by atoms with van der Waals surface area (Å²) in [5, 5.41) is 14.8. The van der Waals surface area contributed by atoms with Crippen LogP contribution in [-0.4, -0.2) is 22.6 Å². The summed E-state index contributed by atoms with van der Waals surface area (Å²) in [6, 6.07) is 8.47. The monoisotopic (exact) mass is 413 g/mol. The van der Waals surface area contributed by atoms with E-state index in [1.165, 1.54) is 37.3 Å². The predicted octanol–water partition coefficient (Wildman–Crippen LogP) is 4.20. The van der Waals surface area contributed by atoms with Gasteiger partial charge in [0.15, 0.2) is 0 Å². The van der Waals surface area contributed by atoms with Crippen molar-refractivity contribution in [3.05, 3.63) is 58.6 Å². The van der Waals surface area contributed by atoms with Gasteiger partial charge in [0.1, 0.15) is 5.75 Å². The normalized spacial score (nSPS) is 11.8. The molecule has 3 N–H and O–H groups in total. The van der Waals surface area contributed by atoms with E-state index >= 15 is 0 Å². The highest BCUT2D eigenvalue weighted by Gasteiger charge is 2.33. The van der Waals surface area contributed by atoms with E-state index in [1.54, 1.807) is 0 Å². The lowest BCUT2D eigenvalue weighted by Gasteiger charge is -2.11. The minimum atomic E-state index is -4.65. The Morgan fingerprint density at radius 3 is 2.39 bits per heavy atom. The second-order valence-corrected chi connectivity index (χ2v) is 6.16. The molecule has 2 aromatic rings. The van der Waals surface area contributed by atoms with Crippen LogP contribution in [0.3, 0.4) is 0 Å². The van der Waals surface area contributed by atoms with Crippen molar-refractivity contribution < 1.29 is 27.9 Å². The number of phenols is 1. The molecule has 0 fully saturated rings. The number of hydrogen-bond donors (Lipinski definition) is 3. The summed E-state index contributed by atoms with van der Waals surface area (Å²) in [6.45, 7) is 1.47. The first-order valence-corrected chi connectivity index (χ1v) is 8.23. The van der Waals surface area contributed by atoms with Crippen LogP contribution in [-0.2, 0) is 11.0 Å². The number of aromatic hydroxyl groups is 1. The summed E-state index contributed by atoms with van der Waals surface area (Å²) >= 11 is 5.53. The van der Waals surface area contributed by atoms with E-state index in [-0.39, 0.29) is 29.1 Å². The number of carbonyl (C=O) groups excluding carboxylic acids is 2. The number of hydrazone groups is 1. The van der Waals surface area contributed by atoms with Gasteiger partial charge in [0, 0.05) is 17.0 Å². The number of anilines is 1. The highest BCUT2D eigenvalue weighted by atomic mass is 35.5. The molecule has 6 nitrogen and oxygen atoms in total. The van der Waals surface area contributed by atoms with Crippen molar-refractivity contribution in [1.82, 2.24) is 5.43 Å². The van der Waals surface area contributed by atoms with Crippen molar-refractivity contribution >= 4 is 34.8 Å². The molecule has 0 aliphatic carbocycles. The molecule has 0 bridgehead atoms. The number of hydrogen-bond acceptors (Lipinski definition) is 4. The second-order valence-electron chi connectivity index (χ2n) is 5.75. The summed E-state index contributed by atoms with van der Waals surface area (Å²) in [6.07, 6.45) is -4.90. The first-order chi connectivity index (χ1) is 13.1. The van der Waals surface area contributed by atoms with E-state index in [0.29, 0.717) is 0 Å². The molecule has 0 spiro atoms. The Morgan fingerprint density at radius 2 is 1.79 bits per heavy atom. The topological polar surface area (TPSA) is 90.8 Å². The Bertz CT molecular complexity index is 913. The molecule has 0 aromatic heterocycles. The Morgan fingerprint density at radius 1 is 1.14 bits per heavy atom. The van der Waals surface area contributed by atoms with Gasteiger partial charge in [0.2, 0.25) is 5.91 Å². The fourth-order valence-electron chi connectivity index (χ4n) is 2.12. The summed E-state index contributed by atoms with van der Waals surface area (Å²) in [5.41, 5.74) is 1.60. The molecule has 2 rings (SSSR count). The number of benzene rings is 2. The van der Waals surface area contributed by atoms with Crippen molar-refractivity contribution in [2.45, 2.75) is 19.5 Å². The molecule has 0 aliphatic rings. The Kier molecular flexibility index (Phi) is 6.63. The standard InChI is InChI=1S/C18H15ClF3N3O3/c1-10(24-25-17(28)11-2-5-13(26)6-3-11)8-16(27)23-12-4-7-15(19)14(9-12)18(20,21)22/h2-7,9,26H,8H2,1H3,(H,23,27)(H,25,28). The average molecular weight is 414 g/mol. The third-order valence-corrected chi connectivity index (χ3v) is 3.78. The van der Waals surface area contributed by atoms with Gasteiger partial charge in [-0.05, 0) is 49.4 Å². The summed E-state index contributed by atoms with van der Waals surface area (Å²) in [5.74, 6) is -1.16. The second kappa shape index (κ2) is 8.75. The molecule has 2 amide bonds. The first-order valence-electron chi connectivity index (χ1n) is 7.85. The van der Waals surface area contributed by atoms with Crippen molar-refractivity contribution in [3.8, 4) is 5.75 Å². The van der Waals surface area contributed by atoms with Crippen molar-refractivity contribution in [3.63, 3.8) is 0 Å². The molecule has 0 unspecified atom stereocenters. The SMILES string of the molecule is CC(CC(=O)Nc1ccc(Cl)c(C(F)(F)F)c1)=NNC(=O)c1ccc(O)cc1. The molecule has 148 valence electrons. The maximum Gasteiger partial charge on any atom is 0.417 e. The zero-order chi connectivity index (χ0) is 20.9. The average Bonchev–Trinajstić information content (AvgIpc) is 2.61. The van der Waals surface area contributed by atoms with Crippen molar-refractivity contribution in [1.29, 1.82) is 0 Å². The Labute approximate surface area is 163 Å². The quantitative estimate of drug-likeness (QED) is 0.507. The van der Waals surface area contributed by atoms with Crippen LogP contribution in [0, 0.1) is 0 Å². The lowest BCUT2D eigenvalue weighted by Crippen LogP contribution is -2.21. The Hall–Kier alpha value is -3.07. The molecule has 0 radical (unpaired) electrons. The first kappa shape index (κ1) is 21.2. The Balaban J connectivity index is 1.96. The number of halogens is 4. The molecule has 0 atom stereocenters. The lowest BCUT2D eigenvalue weighted by atomic mass is 10.2. The zero-order valence-electron chi connectivity index (χ0n) is 14.5. The van der Waals surface area contributed by atoms with E-state index in [0.717, 1.165) is 12.1 Å². The van der Waals surface area contributed by atoms with Gasteiger partial charge in [0.25, 0.3) is 5.91 Å². The van der Waals surface area contributed by atoms with Gasteiger partial charge in [-0.15, -0.1) is 0 Å². The molecular formula is C18H15ClF3N3O3. The van der Waals surface area contributed by atoms with Crippen molar-refractivity contribution in [2.24, 2.45) is 5.10 Å². The summed E-state index contributed by atoms with van der Waals surface area (Å²) in [4.78, 5) is 23.9. The maximum atomic E-state index is 12.8. The number of carbonyl (C=O) groups is 2. The molecule has 0 heterocycles. The smallest absolute Gasteiger partial charge is 0.417 e. The zero-order valence-corrected chi connectivity index (χ0v) is 15.2. The number of rotatable bonds is 5. The van der Waals surface area contributed by atoms with Crippen LogP contribution in [0.15, 0.2) is 47.6 Å². The number of nitrogens with one attached hydrogen (secondary N) is 2. The van der Waals surface area contributed by atoms with Gasteiger partial charge in [-0.3, -0.25) is 9.59 Å². The van der Waals surface area contributed by atoms with Crippen LogP contribution >= 0.6 is 11.6 Å². The minimum absolute atomic E-state index is 0.00350. The van der Waals surface area contributed by atoms with E-state index in [1.807, 2.05) is 0 Å². The summed E-state index contributed by atoms with van der Waals surface area (Å²) < 4.78 is 38.5. The van der Waals surface area contributed by atoms with Crippen molar-refractivity contribution in [2.75, 3.05) is 5.32 Å². The van der Waals surface area contributed by atoms with Crippen LogP contribution in [0.1, 0.15) is 29.3 Å². The minimum Gasteiger partial charge on any atom is -0.508 e. The third-order valence-electron chi connectivity index (χ3n) is 3.45. The summed E-state index contributed by atoms with van der Waals surface area (Å²) in [7, 11) is 0. The van der Waals surface area contributed by atoms with Gasteiger partial charge < -0.3 is 10.4 Å². The third kappa shape index (κ3) is 5.98. The van der Waals surface area contributed by atoms with Crippen LogP contribution < -0.4 is 10.7 Å². The van der Waals surface area contributed by atoms with E-state index in [9.17, 15) is 27.9 Å². The lowest BCUT2D eigenvalue weighted by molar-refractivity contribution is -0.137. The maximum absolute atomic E-state index is 12.8. The van der Waals surface area contributed by atoms with Gasteiger partial charge in [-0.2, -0.15) is 18.3 Å². The molecule has 0 saturated heterocycles. The highest BCUT2D eigenvalue weighted by Crippen LogP contribution is 2.36. The van der Waals surface area contributed by atoms with Gasteiger partial charge in [-0.25, -0.2) is 5.43 Å². The predicted molar refractivity (Wildman–Crippen MR) is 98.4 cm³/mol. The molecule has 0 saturated carbocycles. The fourth-order valence-corrected chi connectivity index (χ4v) is 2.35. The van der Waals surface area contributed by atoms with E-state index < -0.39 is 28.6 Å². The van der Waals surface area contributed by atoms with E-state index in [2.05, 4.69) is 15.8 Å². The molecule has 28 heavy (non-hydrogen) atoms. The van der Waals surface area contributed by atoms with Crippen LogP contribution in [0.25, 0.3) is 0 Å². The van der Waals surface area contributed by atoms with Gasteiger partial charge >= 0.3 is 6.18 Å². The largest absolute Gasteiger partial charge is 0.508 e. The molecule has 2 aromatic carbocycles. The van der Waals surface area contributed by atoms with Crippen LogP contribution in [0.2, 0.25) is 5.02 Å². The van der Waals surface area contributed by atoms with Crippen LogP contribution in [0.4, 0.5) is 18.9 Å². The number of alkyl halides is 3. The molecular weight excluding hydrogens is 399 g/mol. The molecule has 0 aliphatic heterocycles. The van der Waals surface area contributed by atoms with E-state index in [4.69, 9.17) is 11.6 Å². The van der Waals surface area contributed by atoms with Crippen LogP contribution in [0.5, 0.6) is 5.75 Å². The van der Waals surface area contributed by atoms with Gasteiger partial charge in [0.05, 0.1) is 17.0 Å². The van der Waals surface area contributed by atoms with Gasteiger partial charge in [-0.1, -0.05) is 11.6 Å². The molecule has 10 heteroatoms. The number of phenolic OH excluding ortho intramolecular Hbond substituents is 1. The highest BCUT2D eigenvalue weighted by molar-refractivity contribution is 6.31. The number of nitrogens with zero attached hydrogens (tertiary/aromatic N) is 1. The number of amides is 2. The fraction of sp³-hybridized carbons (Fsp3) is 0.167.